The molecule has 0 N–H and O–H groups in total. The Hall–Kier alpha value is -1.35. The summed E-state index contributed by atoms with van der Waals surface area (Å²) in [5.74, 6) is 0.439. The highest BCUT2D eigenvalue weighted by Gasteiger charge is 2.24. The molecule has 1 aliphatic heterocycles. The van der Waals surface area contributed by atoms with Crippen LogP contribution in [0.15, 0.2) is 24.3 Å². The average Bonchev–Trinajstić information content (AvgIpc) is 3.18. The van der Waals surface area contributed by atoms with Gasteiger partial charge in [0.1, 0.15) is 12.7 Å². The van der Waals surface area contributed by atoms with Crippen molar-refractivity contribution < 1.29 is 14.3 Å². The van der Waals surface area contributed by atoms with Crippen molar-refractivity contribution >= 4 is 5.97 Å². The molecule has 1 fully saturated rings. The fourth-order valence-electron chi connectivity index (χ4n) is 1.68. The Balaban J connectivity index is 1.83. The van der Waals surface area contributed by atoms with Crippen molar-refractivity contribution in [2.45, 2.75) is 32.8 Å². The number of esters is 1. The zero-order valence-electron chi connectivity index (χ0n) is 11.0. The van der Waals surface area contributed by atoms with Crippen molar-refractivity contribution in [3.05, 3.63) is 35.4 Å². The van der Waals surface area contributed by atoms with Gasteiger partial charge in [0.25, 0.3) is 0 Å². The van der Waals surface area contributed by atoms with Crippen molar-refractivity contribution in [2.24, 2.45) is 5.92 Å². The molecule has 3 heteroatoms. The molecule has 1 saturated heterocycles. The van der Waals surface area contributed by atoms with E-state index in [0.717, 1.165) is 6.42 Å². The van der Waals surface area contributed by atoms with Gasteiger partial charge in [-0.05, 0) is 36.5 Å². The van der Waals surface area contributed by atoms with Gasteiger partial charge in [-0.1, -0.05) is 26.0 Å². The number of carbonyl (C=O) groups excluding carboxylic acids is 1. The molecular weight excluding hydrogens is 228 g/mol. The second-order valence-corrected chi connectivity index (χ2v) is 5.18. The molecule has 1 aromatic rings. The first-order chi connectivity index (χ1) is 8.65. The summed E-state index contributed by atoms with van der Waals surface area (Å²) in [6.45, 7) is 5.51. The predicted molar refractivity (Wildman–Crippen MR) is 69.6 cm³/mol. The third-order valence-electron chi connectivity index (χ3n) is 3.00. The average molecular weight is 248 g/mol. The SMILES string of the molecule is CC(C)CCc1ccc(C(=O)OCC2CO2)cc1. The normalized spacial score (nSPS) is 17.8. The summed E-state index contributed by atoms with van der Waals surface area (Å²) < 4.78 is 10.1. The van der Waals surface area contributed by atoms with Crippen LogP contribution in [0.3, 0.4) is 0 Å². The highest BCUT2D eigenvalue weighted by atomic mass is 16.6. The zero-order chi connectivity index (χ0) is 13.0. The monoisotopic (exact) mass is 248 g/mol. The summed E-state index contributed by atoms with van der Waals surface area (Å²) >= 11 is 0. The number of hydrogen-bond acceptors (Lipinski definition) is 3. The van der Waals surface area contributed by atoms with Gasteiger partial charge in [0.2, 0.25) is 0 Å². The third kappa shape index (κ3) is 4.15. The Bertz CT molecular complexity index is 391. The van der Waals surface area contributed by atoms with Gasteiger partial charge in [0.05, 0.1) is 12.2 Å². The molecule has 1 aromatic carbocycles. The lowest BCUT2D eigenvalue weighted by Gasteiger charge is -2.06. The molecule has 1 unspecified atom stereocenters. The highest BCUT2D eigenvalue weighted by Crippen LogP contribution is 2.13. The van der Waals surface area contributed by atoms with E-state index in [4.69, 9.17) is 9.47 Å². The molecule has 0 aromatic heterocycles. The van der Waals surface area contributed by atoms with Crippen LogP contribution in [0.1, 0.15) is 36.2 Å². The van der Waals surface area contributed by atoms with Crippen molar-refractivity contribution in [3.63, 3.8) is 0 Å². The summed E-state index contributed by atoms with van der Waals surface area (Å²) in [5.41, 5.74) is 1.88. The zero-order valence-corrected chi connectivity index (χ0v) is 11.0. The van der Waals surface area contributed by atoms with E-state index >= 15 is 0 Å². The van der Waals surface area contributed by atoms with Crippen LogP contribution in [-0.2, 0) is 15.9 Å². The Labute approximate surface area is 108 Å². The lowest BCUT2D eigenvalue weighted by Crippen LogP contribution is -2.10. The van der Waals surface area contributed by atoms with Crippen LogP contribution in [0.5, 0.6) is 0 Å². The number of aryl methyl sites for hydroxylation is 1. The smallest absolute Gasteiger partial charge is 0.338 e. The molecule has 0 aliphatic carbocycles. The molecular formula is C15H20O3. The molecule has 0 bridgehead atoms. The molecule has 1 aliphatic rings. The standard InChI is InChI=1S/C15H20O3/c1-11(2)3-4-12-5-7-13(8-6-12)15(16)18-10-14-9-17-14/h5-8,11,14H,3-4,9-10H2,1-2H3. The largest absolute Gasteiger partial charge is 0.459 e. The van der Waals surface area contributed by atoms with Crippen molar-refractivity contribution in [1.29, 1.82) is 0 Å². The molecule has 0 amide bonds. The van der Waals surface area contributed by atoms with E-state index in [1.54, 1.807) is 0 Å². The van der Waals surface area contributed by atoms with E-state index < -0.39 is 0 Å². The number of ether oxygens (including phenoxy) is 2. The number of carbonyl (C=O) groups is 1. The topological polar surface area (TPSA) is 38.8 Å². The summed E-state index contributed by atoms with van der Waals surface area (Å²) in [6.07, 6.45) is 2.35. The summed E-state index contributed by atoms with van der Waals surface area (Å²) in [6, 6.07) is 7.69. The first kappa shape index (κ1) is 13.1. The van der Waals surface area contributed by atoms with Crippen LogP contribution in [0.2, 0.25) is 0 Å². The maximum atomic E-state index is 11.7. The highest BCUT2D eigenvalue weighted by molar-refractivity contribution is 5.89. The van der Waals surface area contributed by atoms with Gasteiger partial charge in [0, 0.05) is 0 Å². The van der Waals surface area contributed by atoms with Crippen LogP contribution in [0.4, 0.5) is 0 Å². The molecule has 0 radical (unpaired) electrons. The maximum absolute atomic E-state index is 11.7. The van der Waals surface area contributed by atoms with Gasteiger partial charge in [-0.2, -0.15) is 0 Å². The first-order valence-corrected chi connectivity index (χ1v) is 6.53. The molecule has 0 saturated carbocycles. The maximum Gasteiger partial charge on any atom is 0.338 e. The second kappa shape index (κ2) is 6.01. The molecule has 2 rings (SSSR count). The lowest BCUT2D eigenvalue weighted by molar-refractivity contribution is 0.0476. The van der Waals surface area contributed by atoms with Gasteiger partial charge >= 0.3 is 5.97 Å². The lowest BCUT2D eigenvalue weighted by atomic mass is 10.0. The first-order valence-electron chi connectivity index (χ1n) is 6.53. The van der Waals surface area contributed by atoms with E-state index in [2.05, 4.69) is 13.8 Å². The van der Waals surface area contributed by atoms with Gasteiger partial charge in [-0.25, -0.2) is 4.79 Å². The van der Waals surface area contributed by atoms with Crippen molar-refractivity contribution in [2.75, 3.05) is 13.2 Å². The van der Waals surface area contributed by atoms with Crippen molar-refractivity contribution in [3.8, 4) is 0 Å². The van der Waals surface area contributed by atoms with E-state index in [0.29, 0.717) is 24.7 Å². The number of rotatable bonds is 6. The Morgan fingerprint density at radius 3 is 2.61 bits per heavy atom. The van der Waals surface area contributed by atoms with Crippen LogP contribution >= 0.6 is 0 Å². The van der Waals surface area contributed by atoms with Crippen LogP contribution in [0, 0.1) is 5.92 Å². The fraction of sp³-hybridized carbons (Fsp3) is 0.533. The Kier molecular flexibility index (Phi) is 4.37. The quantitative estimate of drug-likeness (QED) is 0.574. The number of hydrogen-bond donors (Lipinski definition) is 0. The fourth-order valence-corrected chi connectivity index (χ4v) is 1.68. The Morgan fingerprint density at radius 1 is 1.39 bits per heavy atom. The van der Waals surface area contributed by atoms with Gasteiger partial charge in [0.15, 0.2) is 0 Å². The second-order valence-electron chi connectivity index (χ2n) is 5.18. The minimum atomic E-state index is -0.263. The minimum absolute atomic E-state index is 0.124. The summed E-state index contributed by atoms with van der Waals surface area (Å²) in [4.78, 5) is 11.7. The third-order valence-corrected chi connectivity index (χ3v) is 3.00. The molecule has 98 valence electrons. The molecule has 18 heavy (non-hydrogen) atoms. The summed E-state index contributed by atoms with van der Waals surface area (Å²) in [5, 5.41) is 0. The van der Waals surface area contributed by atoms with Crippen LogP contribution < -0.4 is 0 Å². The minimum Gasteiger partial charge on any atom is -0.459 e. The predicted octanol–water partition coefficient (Wildman–Crippen LogP) is 2.83. The molecule has 1 heterocycles. The van der Waals surface area contributed by atoms with E-state index in [-0.39, 0.29) is 12.1 Å². The van der Waals surface area contributed by atoms with Crippen LogP contribution in [0.25, 0.3) is 0 Å². The van der Waals surface area contributed by atoms with Gasteiger partial charge < -0.3 is 9.47 Å². The molecule has 1 atom stereocenters. The molecule has 3 nitrogen and oxygen atoms in total. The molecule has 0 spiro atoms. The van der Waals surface area contributed by atoms with E-state index in [1.807, 2.05) is 24.3 Å². The Morgan fingerprint density at radius 2 is 2.06 bits per heavy atom. The number of benzene rings is 1. The number of epoxide rings is 1. The van der Waals surface area contributed by atoms with Gasteiger partial charge in [-0.3, -0.25) is 0 Å². The van der Waals surface area contributed by atoms with Crippen LogP contribution in [-0.4, -0.2) is 25.3 Å². The van der Waals surface area contributed by atoms with Gasteiger partial charge in [-0.15, -0.1) is 0 Å². The summed E-state index contributed by atoms with van der Waals surface area (Å²) in [7, 11) is 0. The van der Waals surface area contributed by atoms with E-state index in [9.17, 15) is 4.79 Å². The van der Waals surface area contributed by atoms with Crippen molar-refractivity contribution in [1.82, 2.24) is 0 Å². The van der Waals surface area contributed by atoms with E-state index in [1.165, 1.54) is 12.0 Å².